The maximum Gasteiger partial charge on any atom is 0.277 e. The molecule has 8 nitrogen and oxygen atoms in total. The number of nitrogens with zero attached hydrogens (tertiary/aromatic N) is 6. The number of anilines is 3. The van der Waals surface area contributed by atoms with E-state index in [2.05, 4.69) is 51.4 Å². The van der Waals surface area contributed by atoms with Gasteiger partial charge in [-0.25, -0.2) is 14.3 Å². The summed E-state index contributed by atoms with van der Waals surface area (Å²) in [6, 6.07) is 18.3. The standard InChI is InChI=1S/C28H33N7O/c1-32-16-12-28(13-17-32)14-18-34(19-15-28)22-10-8-21(9-11-22)30-27-29-20-24-25(31-27)35(33(2)26(24)36)23-6-4-3-5-7-23/h3-11,20H,12-19H2,1-2H3,(H,29,30,31). The first-order valence-corrected chi connectivity index (χ1v) is 12.8. The van der Waals surface area contributed by atoms with E-state index in [-0.39, 0.29) is 5.56 Å². The number of benzene rings is 2. The Bertz CT molecular complexity index is 1410. The number of likely N-dealkylation sites (tertiary alicyclic amines) is 1. The first-order chi connectivity index (χ1) is 17.5. The Morgan fingerprint density at radius 3 is 2.19 bits per heavy atom. The van der Waals surface area contributed by atoms with Crippen LogP contribution in [0.1, 0.15) is 25.7 Å². The fraction of sp³-hybridized carbons (Fsp3) is 0.393. The third kappa shape index (κ3) is 4.15. The Balaban J connectivity index is 1.18. The smallest absolute Gasteiger partial charge is 0.277 e. The summed E-state index contributed by atoms with van der Waals surface area (Å²) in [6.45, 7) is 4.72. The highest BCUT2D eigenvalue weighted by molar-refractivity contribution is 5.77. The molecule has 186 valence electrons. The number of para-hydroxylation sites is 1. The van der Waals surface area contributed by atoms with Gasteiger partial charge in [-0.05, 0) is 87.6 Å². The van der Waals surface area contributed by atoms with Crippen molar-refractivity contribution in [2.24, 2.45) is 12.5 Å². The molecule has 0 unspecified atom stereocenters. The molecule has 0 saturated carbocycles. The first kappa shape index (κ1) is 22.8. The van der Waals surface area contributed by atoms with Gasteiger partial charge in [-0.15, -0.1) is 0 Å². The topological polar surface area (TPSA) is 71.2 Å². The molecule has 2 saturated heterocycles. The van der Waals surface area contributed by atoms with Crippen LogP contribution in [0.3, 0.4) is 0 Å². The SMILES string of the molecule is CN1CCC2(CC1)CCN(c1ccc(Nc3ncc4c(=O)n(C)n(-c5ccccc5)c4n3)cc1)CC2. The highest BCUT2D eigenvalue weighted by Crippen LogP contribution is 2.42. The predicted molar refractivity (Wildman–Crippen MR) is 144 cm³/mol. The van der Waals surface area contributed by atoms with Crippen molar-refractivity contribution in [3.05, 3.63) is 71.1 Å². The highest BCUT2D eigenvalue weighted by atomic mass is 16.1. The Morgan fingerprint density at radius 2 is 1.50 bits per heavy atom. The van der Waals surface area contributed by atoms with Crippen molar-refractivity contribution in [1.29, 1.82) is 0 Å². The van der Waals surface area contributed by atoms with Crippen LogP contribution in [0, 0.1) is 5.41 Å². The normalized spacial score (nSPS) is 18.1. The first-order valence-electron chi connectivity index (χ1n) is 12.8. The quantitative estimate of drug-likeness (QED) is 0.470. The molecule has 2 aromatic heterocycles. The predicted octanol–water partition coefficient (Wildman–Crippen LogP) is 4.18. The summed E-state index contributed by atoms with van der Waals surface area (Å²) < 4.78 is 3.39. The van der Waals surface area contributed by atoms with E-state index < -0.39 is 0 Å². The third-order valence-electron chi connectivity index (χ3n) is 8.15. The zero-order valence-corrected chi connectivity index (χ0v) is 21.0. The zero-order chi connectivity index (χ0) is 24.7. The van der Waals surface area contributed by atoms with Gasteiger partial charge in [0.25, 0.3) is 5.56 Å². The summed E-state index contributed by atoms with van der Waals surface area (Å²) in [7, 11) is 3.99. The number of rotatable bonds is 4. The second-order valence-electron chi connectivity index (χ2n) is 10.4. The molecule has 8 heteroatoms. The van der Waals surface area contributed by atoms with E-state index in [1.54, 1.807) is 17.9 Å². The molecule has 2 aliphatic rings. The maximum absolute atomic E-state index is 12.7. The molecule has 0 radical (unpaired) electrons. The molecule has 2 fully saturated rings. The van der Waals surface area contributed by atoms with Crippen molar-refractivity contribution in [2.75, 3.05) is 43.4 Å². The number of hydrogen-bond acceptors (Lipinski definition) is 6. The van der Waals surface area contributed by atoms with Crippen molar-refractivity contribution in [2.45, 2.75) is 25.7 Å². The minimum atomic E-state index is -0.117. The van der Waals surface area contributed by atoms with Crippen LogP contribution in [-0.4, -0.2) is 57.5 Å². The van der Waals surface area contributed by atoms with Crippen LogP contribution in [0.5, 0.6) is 0 Å². The van der Waals surface area contributed by atoms with Crippen LogP contribution in [0.4, 0.5) is 17.3 Å². The van der Waals surface area contributed by atoms with Crippen molar-refractivity contribution in [3.63, 3.8) is 0 Å². The molecule has 1 N–H and O–H groups in total. The van der Waals surface area contributed by atoms with Crippen molar-refractivity contribution in [3.8, 4) is 5.69 Å². The molecule has 2 aromatic carbocycles. The Hall–Kier alpha value is -3.65. The van der Waals surface area contributed by atoms with Crippen LogP contribution >= 0.6 is 0 Å². The average Bonchev–Trinajstić information content (AvgIpc) is 3.16. The molecular formula is C28H33N7O. The van der Waals surface area contributed by atoms with Gasteiger partial charge in [0.2, 0.25) is 5.95 Å². The highest BCUT2D eigenvalue weighted by Gasteiger charge is 2.36. The van der Waals surface area contributed by atoms with E-state index in [0.29, 0.717) is 22.4 Å². The number of aromatic nitrogens is 4. The average molecular weight is 484 g/mol. The number of fused-ring (bicyclic) bond motifs is 1. The van der Waals surface area contributed by atoms with Crippen LogP contribution in [0.2, 0.25) is 0 Å². The van der Waals surface area contributed by atoms with E-state index in [4.69, 9.17) is 4.98 Å². The summed E-state index contributed by atoms with van der Waals surface area (Å²) >= 11 is 0. The largest absolute Gasteiger partial charge is 0.371 e. The number of piperidine rings is 2. The molecule has 4 heterocycles. The molecular weight excluding hydrogens is 450 g/mol. The fourth-order valence-electron chi connectivity index (χ4n) is 5.73. The molecule has 4 aromatic rings. The molecule has 0 atom stereocenters. The summed E-state index contributed by atoms with van der Waals surface area (Å²) in [4.78, 5) is 26.8. The lowest BCUT2D eigenvalue weighted by atomic mass is 9.71. The Labute approximate surface area is 211 Å². The lowest BCUT2D eigenvalue weighted by molar-refractivity contribution is 0.0945. The lowest BCUT2D eigenvalue weighted by Gasteiger charge is -2.46. The van der Waals surface area contributed by atoms with Gasteiger partial charge >= 0.3 is 0 Å². The number of nitrogens with one attached hydrogen (secondary N) is 1. The van der Waals surface area contributed by atoms with E-state index in [9.17, 15) is 4.79 Å². The van der Waals surface area contributed by atoms with Crippen LogP contribution in [-0.2, 0) is 7.05 Å². The Morgan fingerprint density at radius 1 is 0.833 bits per heavy atom. The van der Waals surface area contributed by atoms with Gasteiger partial charge in [0.05, 0.1) is 5.69 Å². The van der Waals surface area contributed by atoms with Gasteiger partial charge in [0, 0.05) is 37.7 Å². The minimum Gasteiger partial charge on any atom is -0.371 e. The van der Waals surface area contributed by atoms with Crippen molar-refractivity contribution < 1.29 is 0 Å². The van der Waals surface area contributed by atoms with Crippen LogP contribution < -0.4 is 15.8 Å². The molecule has 2 aliphatic heterocycles. The molecule has 0 amide bonds. The number of hydrogen-bond donors (Lipinski definition) is 1. The summed E-state index contributed by atoms with van der Waals surface area (Å²) in [5.41, 5.74) is 4.09. The summed E-state index contributed by atoms with van der Waals surface area (Å²) in [6.07, 6.45) is 6.85. The second kappa shape index (κ2) is 9.09. The van der Waals surface area contributed by atoms with Gasteiger partial charge < -0.3 is 15.1 Å². The van der Waals surface area contributed by atoms with Gasteiger partial charge in [0.15, 0.2) is 5.65 Å². The lowest BCUT2D eigenvalue weighted by Crippen LogP contribution is -2.46. The van der Waals surface area contributed by atoms with Gasteiger partial charge in [-0.3, -0.25) is 4.79 Å². The van der Waals surface area contributed by atoms with E-state index >= 15 is 0 Å². The molecule has 36 heavy (non-hydrogen) atoms. The maximum atomic E-state index is 12.7. The monoisotopic (exact) mass is 483 g/mol. The summed E-state index contributed by atoms with van der Waals surface area (Å²) in [5.74, 6) is 0.465. The molecule has 6 rings (SSSR count). The molecule has 0 bridgehead atoms. The van der Waals surface area contributed by atoms with Crippen LogP contribution in [0.25, 0.3) is 16.7 Å². The van der Waals surface area contributed by atoms with Gasteiger partial charge in [0.1, 0.15) is 5.39 Å². The van der Waals surface area contributed by atoms with Crippen molar-refractivity contribution >= 4 is 28.4 Å². The van der Waals surface area contributed by atoms with Crippen LogP contribution in [0.15, 0.2) is 65.6 Å². The molecule has 0 aliphatic carbocycles. The zero-order valence-electron chi connectivity index (χ0n) is 21.0. The fourth-order valence-corrected chi connectivity index (χ4v) is 5.73. The molecule has 1 spiro atoms. The minimum absolute atomic E-state index is 0.117. The van der Waals surface area contributed by atoms with E-state index in [1.807, 2.05) is 35.0 Å². The van der Waals surface area contributed by atoms with E-state index in [1.165, 1.54) is 44.5 Å². The summed E-state index contributed by atoms with van der Waals surface area (Å²) in [5, 5.41) is 3.81. The van der Waals surface area contributed by atoms with Gasteiger partial charge in [-0.2, -0.15) is 4.98 Å². The van der Waals surface area contributed by atoms with Crippen molar-refractivity contribution in [1.82, 2.24) is 24.2 Å². The van der Waals surface area contributed by atoms with Gasteiger partial charge in [-0.1, -0.05) is 18.2 Å². The third-order valence-corrected chi connectivity index (χ3v) is 8.15. The second-order valence-corrected chi connectivity index (χ2v) is 10.4. The van der Waals surface area contributed by atoms with E-state index in [0.717, 1.165) is 24.5 Å². The Kier molecular flexibility index (Phi) is 5.76.